The molecule has 2 heterocycles. The summed E-state index contributed by atoms with van der Waals surface area (Å²) in [6, 6.07) is -2.60. The molecule has 3 fully saturated rings. The molecule has 4 rings (SSSR count). The molecule has 2 saturated heterocycles. The molecule has 6 amide bonds. The summed E-state index contributed by atoms with van der Waals surface area (Å²) in [6.45, 7) is 1.98. The third-order valence-electron chi connectivity index (χ3n) is 6.45. The summed E-state index contributed by atoms with van der Waals surface area (Å²) in [5, 5.41) is 3.96. The van der Waals surface area contributed by atoms with Crippen LogP contribution in [-0.4, -0.2) is 40.6 Å². The number of rotatable bonds is 3. The Morgan fingerprint density at radius 2 is 1.68 bits per heavy atom. The Hall–Kier alpha value is -2.77. The highest BCUT2D eigenvalue weighted by atomic mass is 16.2. The smallest absolute Gasteiger partial charge is 0.275 e. The fourth-order valence-corrected chi connectivity index (χ4v) is 5.10. The zero-order chi connectivity index (χ0) is 20.1. The van der Waals surface area contributed by atoms with Crippen molar-refractivity contribution < 1.29 is 24.0 Å². The van der Waals surface area contributed by atoms with Gasteiger partial charge in [-0.05, 0) is 25.2 Å². The number of likely N-dealkylation sites (tertiary alicyclic amines) is 1. The van der Waals surface area contributed by atoms with Gasteiger partial charge in [-0.15, -0.1) is 0 Å². The number of allylic oxidation sites excluding steroid dienone is 2. The lowest BCUT2D eigenvalue weighted by Crippen LogP contribution is -2.65. The molecule has 2 aliphatic carbocycles. The Balaban J connectivity index is 1.79. The van der Waals surface area contributed by atoms with Gasteiger partial charge in [0.25, 0.3) is 11.8 Å². The van der Waals surface area contributed by atoms with E-state index in [1.54, 1.807) is 6.08 Å². The number of hydrogen-bond donors (Lipinski definition) is 2. The number of imide groups is 3. The summed E-state index contributed by atoms with van der Waals surface area (Å²) >= 11 is 0. The van der Waals surface area contributed by atoms with Crippen molar-refractivity contribution >= 4 is 29.7 Å². The maximum absolute atomic E-state index is 13.7. The van der Waals surface area contributed by atoms with Crippen molar-refractivity contribution in [3.63, 3.8) is 0 Å². The minimum absolute atomic E-state index is 0.0180. The van der Waals surface area contributed by atoms with E-state index in [1.165, 1.54) is 0 Å². The van der Waals surface area contributed by atoms with Gasteiger partial charge in [0.2, 0.25) is 11.8 Å². The summed E-state index contributed by atoms with van der Waals surface area (Å²) in [4.78, 5) is 63.8. The van der Waals surface area contributed by atoms with E-state index in [4.69, 9.17) is 0 Å². The molecular formula is C20H23N3O5. The van der Waals surface area contributed by atoms with Gasteiger partial charge in [-0.3, -0.25) is 34.7 Å². The maximum Gasteiger partial charge on any atom is 0.328 e. The molecule has 0 aromatic carbocycles. The molecule has 8 nitrogen and oxygen atoms in total. The van der Waals surface area contributed by atoms with Crippen LogP contribution in [-0.2, 0) is 19.2 Å². The van der Waals surface area contributed by atoms with Crippen LogP contribution in [0.1, 0.15) is 45.4 Å². The summed E-state index contributed by atoms with van der Waals surface area (Å²) < 4.78 is 0. The Morgan fingerprint density at radius 3 is 2.29 bits per heavy atom. The molecule has 8 heteroatoms. The lowest BCUT2D eigenvalue weighted by Gasteiger charge is -2.40. The van der Waals surface area contributed by atoms with E-state index in [0.717, 1.165) is 49.0 Å². The van der Waals surface area contributed by atoms with Crippen molar-refractivity contribution in [2.24, 2.45) is 17.3 Å². The molecule has 0 bridgehead atoms. The molecule has 2 atom stereocenters. The lowest BCUT2D eigenvalue weighted by molar-refractivity contribution is -0.154. The number of barbiturate groups is 1. The predicted molar refractivity (Wildman–Crippen MR) is 97.3 cm³/mol. The van der Waals surface area contributed by atoms with Crippen LogP contribution in [0.25, 0.3) is 0 Å². The topological polar surface area (TPSA) is 113 Å². The van der Waals surface area contributed by atoms with Crippen LogP contribution >= 0.6 is 0 Å². The van der Waals surface area contributed by atoms with E-state index >= 15 is 0 Å². The average Bonchev–Trinajstić information content (AvgIpc) is 2.90. The monoisotopic (exact) mass is 385 g/mol. The Kier molecular flexibility index (Phi) is 4.44. The second kappa shape index (κ2) is 6.68. The third kappa shape index (κ3) is 2.54. The van der Waals surface area contributed by atoms with E-state index in [-0.39, 0.29) is 5.92 Å². The Bertz CT molecular complexity index is 819. The SMILES string of the molecule is CCC1=CC2(C3CCCCC3)C(=O)N(C3C(=O)NC(=O)NC3=O)C(=O)C2C=C1. The molecule has 2 aliphatic heterocycles. The van der Waals surface area contributed by atoms with Crippen molar-refractivity contribution in [2.45, 2.75) is 51.5 Å². The first kappa shape index (κ1) is 18.6. The van der Waals surface area contributed by atoms with Gasteiger partial charge in [0.1, 0.15) is 0 Å². The molecule has 2 N–H and O–H groups in total. The quantitative estimate of drug-likeness (QED) is 0.560. The summed E-state index contributed by atoms with van der Waals surface area (Å²) in [7, 11) is 0. The van der Waals surface area contributed by atoms with Gasteiger partial charge in [-0.25, -0.2) is 4.79 Å². The summed E-state index contributed by atoms with van der Waals surface area (Å²) in [6.07, 6.45) is 10.9. The van der Waals surface area contributed by atoms with Crippen molar-refractivity contribution in [3.05, 3.63) is 23.8 Å². The van der Waals surface area contributed by atoms with E-state index in [9.17, 15) is 24.0 Å². The number of hydrogen-bond acceptors (Lipinski definition) is 5. The fraction of sp³-hybridized carbons (Fsp3) is 0.550. The highest BCUT2D eigenvalue weighted by molar-refractivity contribution is 6.24. The average molecular weight is 385 g/mol. The van der Waals surface area contributed by atoms with Crippen LogP contribution in [0.2, 0.25) is 0 Å². The van der Waals surface area contributed by atoms with E-state index in [1.807, 2.05) is 29.7 Å². The van der Waals surface area contributed by atoms with Crippen LogP contribution in [0, 0.1) is 17.3 Å². The highest BCUT2D eigenvalue weighted by Crippen LogP contribution is 2.54. The summed E-state index contributed by atoms with van der Waals surface area (Å²) in [5.41, 5.74) is -0.0860. The first-order valence-corrected chi connectivity index (χ1v) is 9.83. The van der Waals surface area contributed by atoms with Gasteiger partial charge in [-0.2, -0.15) is 0 Å². The molecule has 148 valence electrons. The summed E-state index contributed by atoms with van der Waals surface area (Å²) in [5.74, 6) is -3.70. The van der Waals surface area contributed by atoms with Gasteiger partial charge in [0, 0.05) is 0 Å². The molecule has 0 aromatic rings. The van der Waals surface area contributed by atoms with Crippen LogP contribution in [0.15, 0.2) is 23.8 Å². The zero-order valence-corrected chi connectivity index (χ0v) is 15.7. The van der Waals surface area contributed by atoms with Gasteiger partial charge >= 0.3 is 6.03 Å². The van der Waals surface area contributed by atoms with Crippen molar-refractivity contribution in [3.8, 4) is 0 Å². The van der Waals surface area contributed by atoms with Gasteiger partial charge < -0.3 is 0 Å². The largest absolute Gasteiger partial charge is 0.328 e. The molecule has 0 radical (unpaired) electrons. The molecule has 2 unspecified atom stereocenters. The van der Waals surface area contributed by atoms with E-state index in [0.29, 0.717) is 0 Å². The minimum Gasteiger partial charge on any atom is -0.275 e. The highest BCUT2D eigenvalue weighted by Gasteiger charge is 2.64. The zero-order valence-electron chi connectivity index (χ0n) is 15.7. The Labute approximate surface area is 162 Å². The van der Waals surface area contributed by atoms with E-state index in [2.05, 4.69) is 0 Å². The van der Waals surface area contributed by atoms with Gasteiger partial charge in [-0.1, -0.05) is 50.0 Å². The standard InChI is InChI=1S/C20H23N3O5/c1-2-11-8-9-13-17(26)23(14-15(24)21-19(28)22-16(14)25)18(27)20(13,10-11)12-6-4-3-5-7-12/h8-10,12-14H,2-7H2,1H3,(H2,21,22,24,25,28). The maximum atomic E-state index is 13.7. The van der Waals surface area contributed by atoms with Crippen LogP contribution < -0.4 is 10.6 Å². The molecule has 4 aliphatic rings. The first-order chi connectivity index (χ1) is 13.4. The fourth-order valence-electron chi connectivity index (χ4n) is 5.10. The van der Waals surface area contributed by atoms with Crippen LogP contribution in [0.5, 0.6) is 0 Å². The van der Waals surface area contributed by atoms with Crippen LogP contribution in [0.4, 0.5) is 4.79 Å². The van der Waals surface area contributed by atoms with E-state index < -0.39 is 47.0 Å². The molecule has 1 saturated carbocycles. The number of amides is 6. The number of nitrogens with one attached hydrogen (secondary N) is 2. The lowest BCUT2D eigenvalue weighted by atomic mass is 9.61. The molecule has 0 spiro atoms. The van der Waals surface area contributed by atoms with Gasteiger partial charge in [0.15, 0.2) is 6.04 Å². The normalized spacial score (nSPS) is 31.6. The van der Waals surface area contributed by atoms with Crippen LogP contribution in [0.3, 0.4) is 0 Å². The van der Waals surface area contributed by atoms with Crippen molar-refractivity contribution in [1.82, 2.24) is 15.5 Å². The third-order valence-corrected chi connectivity index (χ3v) is 6.45. The van der Waals surface area contributed by atoms with Crippen molar-refractivity contribution in [2.75, 3.05) is 0 Å². The number of fused-ring (bicyclic) bond motifs is 1. The number of urea groups is 1. The van der Waals surface area contributed by atoms with Gasteiger partial charge in [0.05, 0.1) is 11.3 Å². The number of nitrogens with zero attached hydrogens (tertiary/aromatic N) is 1. The number of carbonyl (C=O) groups is 5. The van der Waals surface area contributed by atoms with Crippen molar-refractivity contribution in [1.29, 1.82) is 0 Å². The Morgan fingerprint density at radius 1 is 1.04 bits per heavy atom. The minimum atomic E-state index is -1.66. The molecule has 0 aromatic heterocycles. The molecular weight excluding hydrogens is 362 g/mol. The predicted octanol–water partition coefficient (Wildman–Crippen LogP) is 1.18. The number of carbonyl (C=O) groups excluding carboxylic acids is 5. The molecule has 28 heavy (non-hydrogen) atoms. The second-order valence-electron chi connectivity index (χ2n) is 7.90. The first-order valence-electron chi connectivity index (χ1n) is 9.83. The second-order valence-corrected chi connectivity index (χ2v) is 7.90.